The molecule has 0 aromatic heterocycles. The summed E-state index contributed by atoms with van der Waals surface area (Å²) in [6.07, 6.45) is 13.9. The molecule has 1 aliphatic heterocycles. The Hall–Kier alpha value is -2.71. The normalized spacial score (nSPS) is 24.9. The van der Waals surface area contributed by atoms with E-state index in [1.165, 1.54) is 17.7 Å². The molecule has 4 rings (SSSR count). The first-order chi connectivity index (χ1) is 18.4. The molecule has 38 heavy (non-hydrogen) atoms. The van der Waals surface area contributed by atoms with Crippen LogP contribution in [0.3, 0.4) is 0 Å². The van der Waals surface area contributed by atoms with Gasteiger partial charge in [-0.05, 0) is 74.8 Å². The van der Waals surface area contributed by atoms with E-state index < -0.39 is 0 Å². The molecule has 0 radical (unpaired) electrons. The SMILES string of the molecule is CO/C(C)=C/C=C(\C)C1CC2=C(C(=O)NCc3cccc(F)c3)SC(SCC3=CC=CCC3)[C@H]2/C(=N/O)C1. The zero-order valence-corrected chi connectivity index (χ0v) is 23.7. The Labute approximate surface area is 233 Å². The maximum atomic E-state index is 13.6. The fourth-order valence-electron chi connectivity index (χ4n) is 4.94. The summed E-state index contributed by atoms with van der Waals surface area (Å²) in [4.78, 5) is 14.2. The second kappa shape index (κ2) is 13.4. The molecule has 0 bridgehead atoms. The molecule has 2 unspecified atom stereocenters. The predicted octanol–water partition coefficient (Wildman–Crippen LogP) is 7.13. The Morgan fingerprint density at radius 1 is 1.32 bits per heavy atom. The lowest BCUT2D eigenvalue weighted by atomic mass is 9.74. The van der Waals surface area contributed by atoms with Crippen LogP contribution in [0, 0.1) is 17.7 Å². The van der Waals surface area contributed by atoms with E-state index in [9.17, 15) is 14.4 Å². The number of rotatable bonds is 9. The monoisotopic (exact) mass is 554 g/mol. The molecule has 5 nitrogen and oxygen atoms in total. The van der Waals surface area contributed by atoms with Gasteiger partial charge in [-0.1, -0.05) is 52.7 Å². The zero-order chi connectivity index (χ0) is 27.1. The maximum absolute atomic E-state index is 13.6. The molecule has 1 aromatic rings. The Kier molecular flexibility index (Phi) is 9.97. The third kappa shape index (κ3) is 7.03. The minimum absolute atomic E-state index is 0.0542. The van der Waals surface area contributed by atoms with Crippen LogP contribution in [0.25, 0.3) is 0 Å². The average Bonchev–Trinajstić information content (AvgIpc) is 3.32. The summed E-state index contributed by atoms with van der Waals surface area (Å²) in [5.74, 6) is 1.24. The molecule has 0 saturated heterocycles. The topological polar surface area (TPSA) is 70.9 Å². The molecule has 0 spiro atoms. The lowest BCUT2D eigenvalue weighted by Crippen LogP contribution is -2.32. The van der Waals surface area contributed by atoms with Crippen molar-refractivity contribution in [2.45, 2.75) is 50.7 Å². The van der Waals surface area contributed by atoms with Crippen LogP contribution in [0.1, 0.15) is 45.1 Å². The van der Waals surface area contributed by atoms with E-state index in [1.54, 1.807) is 31.0 Å². The third-order valence-electron chi connectivity index (χ3n) is 7.21. The van der Waals surface area contributed by atoms with E-state index in [2.05, 4.69) is 35.6 Å². The molecular weight excluding hydrogens is 519 g/mol. The van der Waals surface area contributed by atoms with Gasteiger partial charge in [0.2, 0.25) is 0 Å². The zero-order valence-electron chi connectivity index (χ0n) is 22.1. The van der Waals surface area contributed by atoms with E-state index in [1.807, 2.05) is 30.8 Å². The first kappa shape index (κ1) is 28.3. The summed E-state index contributed by atoms with van der Waals surface area (Å²) in [5, 5.41) is 16.8. The van der Waals surface area contributed by atoms with Crippen LogP contribution in [0.4, 0.5) is 4.39 Å². The van der Waals surface area contributed by atoms with Crippen molar-refractivity contribution in [2.75, 3.05) is 12.9 Å². The van der Waals surface area contributed by atoms with Crippen LogP contribution in [-0.2, 0) is 16.1 Å². The van der Waals surface area contributed by atoms with Crippen molar-refractivity contribution in [1.29, 1.82) is 0 Å². The molecule has 1 fully saturated rings. The van der Waals surface area contributed by atoms with E-state index >= 15 is 0 Å². The molecule has 1 amide bonds. The van der Waals surface area contributed by atoms with E-state index in [0.29, 0.717) is 16.9 Å². The summed E-state index contributed by atoms with van der Waals surface area (Å²) in [6, 6.07) is 6.27. The summed E-state index contributed by atoms with van der Waals surface area (Å²) >= 11 is 3.39. The van der Waals surface area contributed by atoms with Crippen molar-refractivity contribution in [3.05, 3.63) is 93.4 Å². The lowest BCUT2D eigenvalue weighted by molar-refractivity contribution is -0.117. The molecule has 3 atom stereocenters. The molecule has 2 aliphatic carbocycles. The van der Waals surface area contributed by atoms with Crippen LogP contribution in [-0.4, -0.2) is 34.3 Å². The maximum Gasteiger partial charge on any atom is 0.257 e. The summed E-state index contributed by atoms with van der Waals surface area (Å²) in [7, 11) is 1.64. The molecule has 2 N–H and O–H groups in total. The highest BCUT2D eigenvalue weighted by atomic mass is 32.2. The van der Waals surface area contributed by atoms with Crippen molar-refractivity contribution < 1.29 is 19.1 Å². The number of ether oxygens (including phenoxy) is 1. The highest BCUT2D eigenvalue weighted by Gasteiger charge is 2.45. The molecule has 1 heterocycles. The third-order valence-corrected chi connectivity index (χ3v) is 10.2. The Balaban J connectivity index is 1.58. The molecule has 1 saturated carbocycles. The summed E-state index contributed by atoms with van der Waals surface area (Å²) in [5.41, 5.74) is 5.01. The van der Waals surface area contributed by atoms with Gasteiger partial charge in [0.25, 0.3) is 5.91 Å². The number of thioether (sulfide) groups is 2. The van der Waals surface area contributed by atoms with Gasteiger partial charge < -0.3 is 15.3 Å². The summed E-state index contributed by atoms with van der Waals surface area (Å²) < 4.78 is 19.0. The van der Waals surface area contributed by atoms with Crippen LogP contribution >= 0.6 is 23.5 Å². The van der Waals surface area contributed by atoms with Gasteiger partial charge in [-0.2, -0.15) is 0 Å². The number of allylic oxidation sites excluding steroid dienone is 8. The number of amides is 1. The van der Waals surface area contributed by atoms with E-state index in [-0.39, 0.29) is 34.7 Å². The molecule has 1 aromatic carbocycles. The van der Waals surface area contributed by atoms with Crippen molar-refractivity contribution in [3.63, 3.8) is 0 Å². The van der Waals surface area contributed by atoms with Crippen molar-refractivity contribution >= 4 is 35.1 Å². The van der Waals surface area contributed by atoms with Crippen molar-refractivity contribution in [2.24, 2.45) is 17.0 Å². The van der Waals surface area contributed by atoms with Crippen LogP contribution in [0.5, 0.6) is 0 Å². The van der Waals surface area contributed by atoms with Gasteiger partial charge >= 0.3 is 0 Å². The van der Waals surface area contributed by atoms with Crippen LogP contribution in [0.2, 0.25) is 0 Å². The van der Waals surface area contributed by atoms with Gasteiger partial charge in [0.15, 0.2) is 0 Å². The fraction of sp³-hybridized carbons (Fsp3) is 0.400. The number of nitrogens with zero attached hydrogens (tertiary/aromatic N) is 1. The van der Waals surface area contributed by atoms with Gasteiger partial charge in [0, 0.05) is 18.2 Å². The number of benzene rings is 1. The van der Waals surface area contributed by atoms with E-state index in [4.69, 9.17) is 4.74 Å². The lowest BCUT2D eigenvalue weighted by Gasteiger charge is -2.32. The summed E-state index contributed by atoms with van der Waals surface area (Å²) in [6.45, 7) is 4.22. The smallest absolute Gasteiger partial charge is 0.257 e. The van der Waals surface area contributed by atoms with Gasteiger partial charge in [0.1, 0.15) is 5.82 Å². The van der Waals surface area contributed by atoms with Gasteiger partial charge in [-0.15, -0.1) is 23.5 Å². The number of carbonyl (C=O) groups is 1. The molecule has 3 aliphatic rings. The Bertz CT molecular complexity index is 1230. The fourth-order valence-corrected chi connectivity index (χ4v) is 8.07. The Morgan fingerprint density at radius 3 is 2.87 bits per heavy atom. The number of fused-ring (bicyclic) bond motifs is 1. The highest BCUT2D eigenvalue weighted by molar-refractivity contribution is 8.19. The number of carbonyl (C=O) groups excluding carboxylic acids is 1. The number of oxime groups is 1. The number of methoxy groups -OCH3 is 1. The largest absolute Gasteiger partial charge is 0.501 e. The van der Waals surface area contributed by atoms with Crippen molar-refractivity contribution in [3.8, 4) is 0 Å². The first-order valence-electron chi connectivity index (χ1n) is 12.9. The number of hydrogen-bond donors (Lipinski definition) is 2. The minimum atomic E-state index is -0.323. The number of hydrogen-bond acceptors (Lipinski definition) is 6. The van der Waals surface area contributed by atoms with Gasteiger partial charge in [-0.3, -0.25) is 4.79 Å². The Morgan fingerprint density at radius 2 is 2.16 bits per heavy atom. The average molecular weight is 555 g/mol. The van der Waals surface area contributed by atoms with E-state index in [0.717, 1.165) is 47.6 Å². The quantitative estimate of drug-likeness (QED) is 0.147. The number of nitrogens with one attached hydrogen (secondary N) is 1. The van der Waals surface area contributed by atoms with Crippen LogP contribution in [0.15, 0.2) is 87.2 Å². The first-order valence-corrected chi connectivity index (χ1v) is 14.8. The number of halogens is 1. The molecule has 8 heteroatoms. The highest BCUT2D eigenvalue weighted by Crippen LogP contribution is 2.54. The van der Waals surface area contributed by atoms with Gasteiger partial charge in [0.05, 0.1) is 28.1 Å². The predicted molar refractivity (Wildman–Crippen MR) is 156 cm³/mol. The van der Waals surface area contributed by atoms with Crippen LogP contribution < -0.4 is 5.32 Å². The second-order valence-electron chi connectivity index (χ2n) is 9.82. The van der Waals surface area contributed by atoms with Crippen molar-refractivity contribution in [1.82, 2.24) is 5.32 Å². The molecular formula is C30H35FN2O3S2. The molecule has 202 valence electrons. The second-order valence-corrected chi connectivity index (χ2v) is 12.4. The standard InChI is InChI=1S/C30H35FN2O3S2/c1-19(12-13-20(2)36-3)23-15-25-27(26(16-23)33-35)30(37-18-21-8-5-4-6-9-21)38-28(25)29(34)32-17-22-10-7-11-24(31)14-22/h4-5,7-8,10-14,23,27,30,35H,6,9,15-18H2,1-3H3,(H,32,34)/b19-12+,20-13+,33-26+/t23?,27-,30?/m1/s1. The van der Waals surface area contributed by atoms with Gasteiger partial charge in [-0.25, -0.2) is 4.39 Å². The minimum Gasteiger partial charge on any atom is -0.501 e.